The number of aliphatic carboxylic acids is 1. The van der Waals surface area contributed by atoms with E-state index in [2.05, 4.69) is 5.32 Å². The molecule has 0 aliphatic carbocycles. The number of halogens is 2. The molecule has 0 bridgehead atoms. The van der Waals surface area contributed by atoms with Crippen molar-refractivity contribution in [2.24, 2.45) is 0 Å². The fourth-order valence-corrected chi connectivity index (χ4v) is 2.31. The molecular weight excluding hydrogens is 337 g/mol. The molecule has 6 heteroatoms. The molecule has 2 N–H and O–H groups in total. The molecule has 23 heavy (non-hydrogen) atoms. The molecule has 0 saturated heterocycles. The molecule has 0 fully saturated rings. The van der Waals surface area contributed by atoms with E-state index >= 15 is 0 Å². The minimum atomic E-state index is -1.14. The molecule has 1 atom stereocenters. The first-order chi connectivity index (χ1) is 11.0. The average Bonchev–Trinajstić information content (AvgIpc) is 2.54. The molecule has 4 nitrogen and oxygen atoms in total. The summed E-state index contributed by atoms with van der Waals surface area (Å²) in [6, 6.07) is 12.4. The van der Waals surface area contributed by atoms with E-state index in [0.717, 1.165) is 0 Å². The molecule has 0 unspecified atom stereocenters. The molecule has 118 valence electrons. The lowest BCUT2D eigenvalue weighted by atomic mass is 10.1. The molecule has 2 rings (SSSR count). The van der Waals surface area contributed by atoms with E-state index in [1.165, 1.54) is 12.2 Å². The fraction of sp³-hybridized carbons (Fsp3) is 0.0588. The molecular formula is C17H13Cl2NO3. The lowest BCUT2D eigenvalue weighted by Gasteiger charge is -2.13. The van der Waals surface area contributed by atoms with Crippen LogP contribution in [0.5, 0.6) is 0 Å². The van der Waals surface area contributed by atoms with Gasteiger partial charge in [0, 0.05) is 6.08 Å². The summed E-state index contributed by atoms with van der Waals surface area (Å²) in [7, 11) is 0. The van der Waals surface area contributed by atoms with Gasteiger partial charge in [0.15, 0.2) is 6.04 Å². The van der Waals surface area contributed by atoms with Crippen molar-refractivity contribution in [2.45, 2.75) is 6.04 Å². The first-order valence-corrected chi connectivity index (χ1v) is 7.45. The summed E-state index contributed by atoms with van der Waals surface area (Å²) in [4.78, 5) is 23.3. The van der Waals surface area contributed by atoms with Crippen LogP contribution in [0.4, 0.5) is 0 Å². The Kier molecular flexibility index (Phi) is 5.79. The Balaban J connectivity index is 2.12. The van der Waals surface area contributed by atoms with Gasteiger partial charge in [-0.15, -0.1) is 0 Å². The van der Waals surface area contributed by atoms with Gasteiger partial charge in [0.05, 0.1) is 10.0 Å². The Morgan fingerprint density at radius 1 is 1.04 bits per heavy atom. The van der Waals surface area contributed by atoms with Gasteiger partial charge in [0.2, 0.25) is 5.91 Å². The number of hydrogen-bond donors (Lipinski definition) is 2. The number of hydrogen-bond acceptors (Lipinski definition) is 2. The normalized spacial score (nSPS) is 12.1. The van der Waals surface area contributed by atoms with Gasteiger partial charge in [0.25, 0.3) is 0 Å². The van der Waals surface area contributed by atoms with Crippen LogP contribution in [0.1, 0.15) is 17.2 Å². The molecule has 0 heterocycles. The minimum Gasteiger partial charge on any atom is -0.479 e. The van der Waals surface area contributed by atoms with Crippen molar-refractivity contribution >= 4 is 41.2 Å². The van der Waals surface area contributed by atoms with Crippen LogP contribution < -0.4 is 5.32 Å². The molecule has 0 aromatic heterocycles. The quantitative estimate of drug-likeness (QED) is 0.803. The third-order valence-corrected chi connectivity index (χ3v) is 3.90. The van der Waals surface area contributed by atoms with Crippen molar-refractivity contribution in [1.29, 1.82) is 0 Å². The van der Waals surface area contributed by atoms with Crippen LogP contribution in [-0.4, -0.2) is 17.0 Å². The lowest BCUT2D eigenvalue weighted by molar-refractivity contribution is -0.141. The number of benzene rings is 2. The SMILES string of the molecule is O=C(/C=C/c1cccc(Cl)c1Cl)N[C@H](C(=O)O)c1ccccc1. The number of carbonyl (C=O) groups is 2. The average molecular weight is 350 g/mol. The van der Waals surface area contributed by atoms with Crippen molar-refractivity contribution < 1.29 is 14.7 Å². The molecule has 0 radical (unpaired) electrons. The maximum Gasteiger partial charge on any atom is 0.330 e. The number of rotatable bonds is 5. The van der Waals surface area contributed by atoms with Crippen LogP contribution in [-0.2, 0) is 9.59 Å². The Morgan fingerprint density at radius 3 is 2.39 bits per heavy atom. The fourth-order valence-electron chi connectivity index (χ4n) is 1.94. The van der Waals surface area contributed by atoms with Crippen LogP contribution >= 0.6 is 23.2 Å². The Labute approximate surface area is 143 Å². The zero-order chi connectivity index (χ0) is 16.8. The van der Waals surface area contributed by atoms with Gasteiger partial charge in [-0.25, -0.2) is 4.79 Å². The highest BCUT2D eigenvalue weighted by molar-refractivity contribution is 6.42. The highest BCUT2D eigenvalue weighted by atomic mass is 35.5. The molecule has 2 aromatic rings. The third-order valence-electron chi connectivity index (χ3n) is 3.06. The van der Waals surface area contributed by atoms with Crippen molar-refractivity contribution in [1.82, 2.24) is 5.32 Å². The standard InChI is InChI=1S/C17H13Cl2NO3/c18-13-8-4-7-11(15(13)19)9-10-14(21)20-16(17(22)23)12-5-2-1-3-6-12/h1-10,16H,(H,20,21)(H,22,23)/b10-9+/t16-/m0/s1. The zero-order valence-electron chi connectivity index (χ0n) is 11.9. The minimum absolute atomic E-state index is 0.330. The summed E-state index contributed by atoms with van der Waals surface area (Å²) in [5, 5.41) is 12.4. The number of carbonyl (C=O) groups excluding carboxylic acids is 1. The van der Waals surface area contributed by atoms with Gasteiger partial charge in [0.1, 0.15) is 0 Å². The summed E-state index contributed by atoms with van der Waals surface area (Å²) in [6.45, 7) is 0. The molecule has 0 spiro atoms. The van der Waals surface area contributed by atoms with Crippen LogP contribution in [0.25, 0.3) is 6.08 Å². The summed E-state index contributed by atoms with van der Waals surface area (Å²) < 4.78 is 0. The smallest absolute Gasteiger partial charge is 0.330 e. The van der Waals surface area contributed by atoms with E-state index < -0.39 is 17.9 Å². The van der Waals surface area contributed by atoms with Gasteiger partial charge in [-0.3, -0.25) is 4.79 Å². The molecule has 1 amide bonds. The van der Waals surface area contributed by atoms with Gasteiger partial charge in [-0.05, 0) is 23.3 Å². The monoisotopic (exact) mass is 349 g/mol. The predicted molar refractivity (Wildman–Crippen MR) is 90.5 cm³/mol. The van der Waals surface area contributed by atoms with Gasteiger partial charge >= 0.3 is 5.97 Å². The molecule has 0 aliphatic heterocycles. The van der Waals surface area contributed by atoms with E-state index in [1.807, 2.05) is 0 Å². The van der Waals surface area contributed by atoms with Crippen LogP contribution in [0, 0.1) is 0 Å². The first-order valence-electron chi connectivity index (χ1n) is 6.69. The van der Waals surface area contributed by atoms with E-state index in [-0.39, 0.29) is 0 Å². The molecule has 2 aromatic carbocycles. The van der Waals surface area contributed by atoms with E-state index in [1.54, 1.807) is 48.5 Å². The van der Waals surface area contributed by atoms with Gasteiger partial charge in [-0.1, -0.05) is 65.7 Å². The number of nitrogens with one attached hydrogen (secondary N) is 1. The van der Waals surface area contributed by atoms with E-state index in [0.29, 0.717) is 21.2 Å². The molecule has 0 aliphatic rings. The topological polar surface area (TPSA) is 66.4 Å². The number of carboxylic acids is 1. The van der Waals surface area contributed by atoms with Crippen LogP contribution in [0.15, 0.2) is 54.6 Å². The van der Waals surface area contributed by atoms with E-state index in [9.17, 15) is 14.7 Å². The van der Waals surface area contributed by atoms with Gasteiger partial charge in [-0.2, -0.15) is 0 Å². The van der Waals surface area contributed by atoms with Crippen LogP contribution in [0.3, 0.4) is 0 Å². The zero-order valence-corrected chi connectivity index (χ0v) is 13.4. The Hall–Kier alpha value is -2.30. The highest BCUT2D eigenvalue weighted by Crippen LogP contribution is 2.26. The van der Waals surface area contributed by atoms with E-state index in [4.69, 9.17) is 23.2 Å². The van der Waals surface area contributed by atoms with Crippen molar-refractivity contribution in [3.05, 3.63) is 75.8 Å². The Bertz CT molecular complexity index is 745. The molecule has 0 saturated carbocycles. The summed E-state index contributed by atoms with van der Waals surface area (Å²) >= 11 is 11.9. The largest absolute Gasteiger partial charge is 0.479 e. The van der Waals surface area contributed by atoms with Gasteiger partial charge < -0.3 is 10.4 Å². The first kappa shape index (κ1) is 17.1. The number of carboxylic acid groups (broad SMARTS) is 1. The second kappa shape index (κ2) is 7.81. The van der Waals surface area contributed by atoms with Crippen molar-refractivity contribution in [2.75, 3.05) is 0 Å². The maximum atomic E-state index is 12.0. The van der Waals surface area contributed by atoms with Crippen molar-refractivity contribution in [3.63, 3.8) is 0 Å². The van der Waals surface area contributed by atoms with Crippen molar-refractivity contribution in [3.8, 4) is 0 Å². The second-order valence-corrected chi connectivity index (χ2v) is 5.45. The highest BCUT2D eigenvalue weighted by Gasteiger charge is 2.20. The second-order valence-electron chi connectivity index (χ2n) is 4.67. The maximum absolute atomic E-state index is 12.0. The summed E-state index contributed by atoms with van der Waals surface area (Å²) in [6.07, 6.45) is 2.70. The summed E-state index contributed by atoms with van der Waals surface area (Å²) in [5.74, 6) is -1.68. The number of amides is 1. The van der Waals surface area contributed by atoms with Crippen LogP contribution in [0.2, 0.25) is 10.0 Å². The lowest BCUT2D eigenvalue weighted by Crippen LogP contribution is -2.32. The third kappa shape index (κ3) is 4.58. The Morgan fingerprint density at radius 2 is 1.74 bits per heavy atom. The summed E-state index contributed by atoms with van der Waals surface area (Å²) in [5.41, 5.74) is 1.06. The predicted octanol–water partition coefficient (Wildman–Crippen LogP) is 3.95.